The number of nitrogen functional groups attached to an aromatic ring is 1. The molecule has 0 saturated carbocycles. The summed E-state index contributed by atoms with van der Waals surface area (Å²) in [5.74, 6) is 0. The van der Waals surface area contributed by atoms with Crippen LogP contribution < -0.4 is 5.73 Å². The van der Waals surface area contributed by atoms with Gasteiger partial charge < -0.3 is 5.73 Å². The van der Waals surface area contributed by atoms with Crippen molar-refractivity contribution in [2.45, 2.75) is 43.5 Å². The molecule has 0 aliphatic carbocycles. The Hall–Kier alpha value is -1.67. The molecule has 116 valence electrons. The van der Waals surface area contributed by atoms with Crippen LogP contribution in [0, 0.1) is 10.1 Å². The zero-order chi connectivity index (χ0) is 15.6. The Bertz CT molecular complexity index is 645. The number of rotatable bonds is 3. The van der Waals surface area contributed by atoms with Gasteiger partial charge in [-0.3, -0.25) is 10.1 Å². The van der Waals surface area contributed by atoms with Crippen LogP contribution in [0.25, 0.3) is 0 Å². The third-order valence-electron chi connectivity index (χ3n) is 3.76. The van der Waals surface area contributed by atoms with Crippen molar-refractivity contribution in [1.29, 1.82) is 0 Å². The second-order valence-corrected chi connectivity index (χ2v) is 7.16. The zero-order valence-corrected chi connectivity index (χ0v) is 12.7. The first-order chi connectivity index (χ1) is 9.84. The van der Waals surface area contributed by atoms with Crippen molar-refractivity contribution >= 4 is 21.4 Å². The van der Waals surface area contributed by atoms with Crippen molar-refractivity contribution in [2.24, 2.45) is 0 Å². The number of hydrogen-bond acceptors (Lipinski definition) is 5. The first-order valence-corrected chi connectivity index (χ1v) is 8.34. The molecule has 1 saturated heterocycles. The fourth-order valence-corrected chi connectivity index (χ4v) is 4.51. The Morgan fingerprint density at radius 1 is 1.33 bits per heavy atom. The van der Waals surface area contributed by atoms with Crippen molar-refractivity contribution in [3.63, 3.8) is 0 Å². The van der Waals surface area contributed by atoms with Gasteiger partial charge in [0.05, 0.1) is 4.92 Å². The summed E-state index contributed by atoms with van der Waals surface area (Å²) < 4.78 is 27.0. The van der Waals surface area contributed by atoms with Gasteiger partial charge in [0.15, 0.2) is 4.90 Å². The third kappa shape index (κ3) is 3.16. The SMILES string of the molecule is CC1CCCCCN1S(=O)(=O)c1cc(N)ccc1[N+](=O)[O-]. The molecule has 0 aromatic heterocycles. The summed E-state index contributed by atoms with van der Waals surface area (Å²) in [5, 5.41) is 11.1. The number of nitrogens with two attached hydrogens (primary N) is 1. The fourth-order valence-electron chi connectivity index (χ4n) is 2.62. The Balaban J connectivity index is 2.52. The maximum Gasteiger partial charge on any atom is 0.289 e. The van der Waals surface area contributed by atoms with Crippen LogP contribution >= 0.6 is 0 Å². The Morgan fingerprint density at radius 3 is 2.71 bits per heavy atom. The van der Waals surface area contributed by atoms with E-state index in [2.05, 4.69) is 0 Å². The minimum absolute atomic E-state index is 0.168. The first kappa shape index (κ1) is 15.7. The summed E-state index contributed by atoms with van der Waals surface area (Å²) in [6, 6.07) is 3.48. The molecule has 0 bridgehead atoms. The lowest BCUT2D eigenvalue weighted by Gasteiger charge is -2.26. The number of nitro groups is 1. The monoisotopic (exact) mass is 313 g/mol. The van der Waals surface area contributed by atoms with Gasteiger partial charge in [-0.25, -0.2) is 8.42 Å². The van der Waals surface area contributed by atoms with E-state index in [0.29, 0.717) is 6.54 Å². The van der Waals surface area contributed by atoms with Gasteiger partial charge in [0, 0.05) is 24.3 Å². The topological polar surface area (TPSA) is 107 Å². The van der Waals surface area contributed by atoms with Gasteiger partial charge in [-0.15, -0.1) is 0 Å². The molecular weight excluding hydrogens is 294 g/mol. The van der Waals surface area contributed by atoms with Crippen LogP contribution in [0.5, 0.6) is 0 Å². The quantitative estimate of drug-likeness (QED) is 0.522. The number of nitrogens with zero attached hydrogens (tertiary/aromatic N) is 2. The van der Waals surface area contributed by atoms with Gasteiger partial charge in [0.2, 0.25) is 10.0 Å². The summed E-state index contributed by atoms with van der Waals surface area (Å²) >= 11 is 0. The summed E-state index contributed by atoms with van der Waals surface area (Å²) in [4.78, 5) is 10.1. The zero-order valence-electron chi connectivity index (χ0n) is 11.9. The van der Waals surface area contributed by atoms with Crippen LogP contribution in [0.3, 0.4) is 0 Å². The van der Waals surface area contributed by atoms with E-state index in [-0.39, 0.29) is 16.6 Å². The Kier molecular flexibility index (Phi) is 4.48. The molecular formula is C13H19N3O4S. The largest absolute Gasteiger partial charge is 0.399 e. The van der Waals surface area contributed by atoms with E-state index in [4.69, 9.17) is 5.73 Å². The van der Waals surface area contributed by atoms with E-state index in [1.807, 2.05) is 6.92 Å². The van der Waals surface area contributed by atoms with E-state index >= 15 is 0 Å². The lowest BCUT2D eigenvalue weighted by atomic mass is 10.1. The molecule has 1 fully saturated rings. The molecule has 1 aromatic carbocycles. The lowest BCUT2D eigenvalue weighted by Crippen LogP contribution is -2.38. The summed E-state index contributed by atoms with van der Waals surface area (Å²) in [6.45, 7) is 2.22. The third-order valence-corrected chi connectivity index (χ3v) is 5.80. The van der Waals surface area contributed by atoms with Crippen LogP contribution in [0.4, 0.5) is 11.4 Å². The standard InChI is InChI=1S/C13H19N3O4S/c1-10-5-3-2-4-8-15(10)21(19,20)13-9-11(14)6-7-12(13)16(17)18/h6-7,9-10H,2-5,8,14H2,1H3. The second-order valence-electron chi connectivity index (χ2n) is 5.30. The molecule has 21 heavy (non-hydrogen) atoms. The minimum atomic E-state index is -3.92. The average molecular weight is 313 g/mol. The molecule has 1 atom stereocenters. The van der Waals surface area contributed by atoms with Gasteiger partial charge in [0.25, 0.3) is 5.69 Å². The van der Waals surface area contributed by atoms with Crippen LogP contribution in [0.1, 0.15) is 32.6 Å². The van der Waals surface area contributed by atoms with Crippen molar-refractivity contribution in [3.05, 3.63) is 28.3 Å². The molecule has 0 amide bonds. The highest BCUT2D eigenvalue weighted by Gasteiger charge is 2.35. The summed E-state index contributed by atoms with van der Waals surface area (Å²) in [5.41, 5.74) is 5.38. The highest BCUT2D eigenvalue weighted by molar-refractivity contribution is 7.89. The van der Waals surface area contributed by atoms with Gasteiger partial charge in [-0.1, -0.05) is 12.8 Å². The van der Waals surface area contributed by atoms with Crippen LogP contribution in [0.15, 0.2) is 23.1 Å². The van der Waals surface area contributed by atoms with Crippen molar-refractivity contribution in [1.82, 2.24) is 4.31 Å². The number of hydrogen-bond donors (Lipinski definition) is 1. The van der Waals surface area contributed by atoms with Gasteiger partial charge in [0.1, 0.15) is 0 Å². The number of nitro benzene ring substituents is 1. The summed E-state index contributed by atoms with van der Waals surface area (Å²) in [7, 11) is -3.92. The average Bonchev–Trinajstić information content (AvgIpc) is 2.63. The number of benzene rings is 1. The van der Waals surface area contributed by atoms with E-state index in [9.17, 15) is 18.5 Å². The molecule has 2 rings (SSSR count). The highest BCUT2D eigenvalue weighted by atomic mass is 32.2. The molecule has 1 aliphatic heterocycles. The summed E-state index contributed by atoms with van der Waals surface area (Å²) in [6.07, 6.45) is 3.45. The van der Waals surface area contributed by atoms with E-state index in [0.717, 1.165) is 31.7 Å². The second kappa shape index (κ2) is 5.98. The molecule has 1 aliphatic rings. The van der Waals surface area contributed by atoms with Crippen LogP contribution in [-0.4, -0.2) is 30.2 Å². The maximum absolute atomic E-state index is 12.8. The van der Waals surface area contributed by atoms with E-state index in [1.165, 1.54) is 16.4 Å². The minimum Gasteiger partial charge on any atom is -0.399 e. The van der Waals surface area contributed by atoms with Crippen molar-refractivity contribution in [2.75, 3.05) is 12.3 Å². The van der Waals surface area contributed by atoms with Crippen LogP contribution in [-0.2, 0) is 10.0 Å². The predicted molar refractivity (Wildman–Crippen MR) is 79.3 cm³/mol. The van der Waals surface area contributed by atoms with Crippen LogP contribution in [0.2, 0.25) is 0 Å². The van der Waals surface area contributed by atoms with Gasteiger partial charge in [-0.2, -0.15) is 4.31 Å². The van der Waals surface area contributed by atoms with Crippen molar-refractivity contribution < 1.29 is 13.3 Å². The molecule has 0 radical (unpaired) electrons. The number of sulfonamides is 1. The molecule has 1 heterocycles. The number of anilines is 1. The Morgan fingerprint density at radius 2 is 2.05 bits per heavy atom. The maximum atomic E-state index is 12.8. The van der Waals surface area contributed by atoms with E-state index in [1.54, 1.807) is 0 Å². The molecule has 1 unspecified atom stereocenters. The normalized spacial score (nSPS) is 20.9. The van der Waals surface area contributed by atoms with E-state index < -0.39 is 20.6 Å². The highest BCUT2D eigenvalue weighted by Crippen LogP contribution is 2.31. The molecule has 8 heteroatoms. The Labute approximate surface area is 123 Å². The smallest absolute Gasteiger partial charge is 0.289 e. The molecule has 2 N–H and O–H groups in total. The predicted octanol–water partition coefficient (Wildman–Crippen LogP) is 2.13. The van der Waals surface area contributed by atoms with Crippen molar-refractivity contribution in [3.8, 4) is 0 Å². The molecule has 7 nitrogen and oxygen atoms in total. The molecule has 1 aromatic rings. The molecule has 0 spiro atoms. The van der Waals surface area contributed by atoms with Gasteiger partial charge >= 0.3 is 0 Å². The lowest BCUT2D eigenvalue weighted by molar-refractivity contribution is -0.387. The fraction of sp³-hybridized carbons (Fsp3) is 0.538. The first-order valence-electron chi connectivity index (χ1n) is 6.90. The van der Waals surface area contributed by atoms with Gasteiger partial charge in [-0.05, 0) is 31.9 Å².